The molecule has 0 unspecified atom stereocenters. The van der Waals surface area contributed by atoms with Gasteiger partial charge in [-0.25, -0.2) is 0 Å². The number of carbonyl (C=O) groups is 3. The topological polar surface area (TPSA) is 81.7 Å². The van der Waals surface area contributed by atoms with E-state index in [-0.39, 0.29) is 17.4 Å². The fourth-order valence-corrected chi connectivity index (χ4v) is 2.53. The highest BCUT2D eigenvalue weighted by Crippen LogP contribution is 2.30. The molecular formula is C22H25NO5. The van der Waals surface area contributed by atoms with Gasteiger partial charge in [-0.05, 0) is 31.0 Å². The Morgan fingerprint density at radius 1 is 0.964 bits per heavy atom. The number of ether oxygens (including phenoxy) is 2. The van der Waals surface area contributed by atoms with E-state index in [0.29, 0.717) is 42.9 Å². The molecule has 28 heavy (non-hydrogen) atoms. The van der Waals surface area contributed by atoms with Crippen LogP contribution in [-0.2, 0) is 9.59 Å². The lowest BCUT2D eigenvalue weighted by Gasteiger charge is -2.12. The maximum Gasteiger partial charge on any atom is 0.308 e. The van der Waals surface area contributed by atoms with Gasteiger partial charge in [-0.2, -0.15) is 0 Å². The third-order valence-electron chi connectivity index (χ3n) is 3.87. The van der Waals surface area contributed by atoms with Gasteiger partial charge in [0, 0.05) is 31.0 Å². The van der Waals surface area contributed by atoms with E-state index in [1.165, 1.54) is 13.0 Å². The molecule has 0 atom stereocenters. The molecule has 0 aliphatic carbocycles. The molecule has 1 amide bonds. The first-order valence-electron chi connectivity index (χ1n) is 9.33. The highest BCUT2D eigenvalue weighted by Gasteiger charge is 2.15. The summed E-state index contributed by atoms with van der Waals surface area (Å²) >= 11 is 0. The number of hydrogen-bond acceptors (Lipinski definition) is 5. The zero-order valence-corrected chi connectivity index (χ0v) is 16.2. The van der Waals surface area contributed by atoms with Crippen LogP contribution >= 0.6 is 0 Å². The average Bonchev–Trinajstić information content (AvgIpc) is 2.70. The van der Waals surface area contributed by atoms with Gasteiger partial charge < -0.3 is 14.8 Å². The predicted molar refractivity (Wildman–Crippen MR) is 106 cm³/mol. The molecule has 148 valence electrons. The third-order valence-corrected chi connectivity index (χ3v) is 3.87. The van der Waals surface area contributed by atoms with Crippen molar-refractivity contribution in [2.75, 3.05) is 13.2 Å². The van der Waals surface area contributed by atoms with Crippen molar-refractivity contribution in [2.45, 2.75) is 33.1 Å². The Morgan fingerprint density at radius 3 is 2.39 bits per heavy atom. The van der Waals surface area contributed by atoms with Gasteiger partial charge in [0.25, 0.3) is 0 Å². The molecule has 0 saturated carbocycles. The molecule has 0 saturated heterocycles. The number of ketones is 1. The highest BCUT2D eigenvalue weighted by molar-refractivity contribution is 6.09. The zero-order chi connectivity index (χ0) is 20.4. The Hall–Kier alpha value is -3.15. The van der Waals surface area contributed by atoms with E-state index in [4.69, 9.17) is 9.47 Å². The molecule has 0 aliphatic heterocycles. The fraction of sp³-hybridized carbons (Fsp3) is 0.318. The third kappa shape index (κ3) is 6.54. The lowest BCUT2D eigenvalue weighted by Crippen LogP contribution is -2.24. The van der Waals surface area contributed by atoms with Crippen molar-refractivity contribution in [3.63, 3.8) is 0 Å². The quantitative estimate of drug-likeness (QED) is 0.294. The first-order chi connectivity index (χ1) is 13.5. The minimum absolute atomic E-state index is 0.0190. The summed E-state index contributed by atoms with van der Waals surface area (Å²) in [7, 11) is 0. The summed E-state index contributed by atoms with van der Waals surface area (Å²) in [5.41, 5.74) is 0.941. The minimum Gasteiger partial charge on any atom is -0.490 e. The Kier molecular flexibility index (Phi) is 8.21. The van der Waals surface area contributed by atoms with Crippen molar-refractivity contribution in [2.24, 2.45) is 0 Å². The monoisotopic (exact) mass is 383 g/mol. The summed E-state index contributed by atoms with van der Waals surface area (Å²) in [6.07, 6.45) is 1.77. The SMILES string of the molecule is CCCNC(=O)CCCOc1ccc(C(=O)c2ccccc2)cc1OC(C)=O. The lowest BCUT2D eigenvalue weighted by molar-refractivity contribution is -0.132. The number of esters is 1. The number of rotatable bonds is 10. The van der Waals surface area contributed by atoms with Crippen LogP contribution in [0.15, 0.2) is 48.5 Å². The van der Waals surface area contributed by atoms with Crippen LogP contribution in [-0.4, -0.2) is 30.8 Å². The lowest BCUT2D eigenvalue weighted by atomic mass is 10.0. The van der Waals surface area contributed by atoms with Gasteiger partial charge in [0.2, 0.25) is 5.91 Å². The Labute approximate surface area is 164 Å². The number of carbonyl (C=O) groups excluding carboxylic acids is 3. The van der Waals surface area contributed by atoms with Crippen molar-refractivity contribution in [3.8, 4) is 11.5 Å². The molecule has 0 bridgehead atoms. The van der Waals surface area contributed by atoms with Crippen LogP contribution in [0.25, 0.3) is 0 Å². The molecule has 6 heteroatoms. The van der Waals surface area contributed by atoms with Crippen molar-refractivity contribution in [1.29, 1.82) is 0 Å². The fourth-order valence-electron chi connectivity index (χ4n) is 2.53. The standard InChI is InChI=1S/C22H25NO5/c1-3-13-23-21(25)10-7-14-27-19-12-11-18(15-20(19)28-16(2)24)22(26)17-8-5-4-6-9-17/h4-6,8-9,11-12,15H,3,7,10,13-14H2,1-2H3,(H,23,25). The van der Waals surface area contributed by atoms with Crippen molar-refractivity contribution in [1.82, 2.24) is 5.32 Å². The number of amides is 1. The van der Waals surface area contributed by atoms with E-state index >= 15 is 0 Å². The predicted octanol–water partition coefficient (Wildman–Crippen LogP) is 3.53. The van der Waals surface area contributed by atoms with Crippen LogP contribution in [0.3, 0.4) is 0 Å². The van der Waals surface area contributed by atoms with E-state index in [1.807, 2.05) is 13.0 Å². The molecule has 0 radical (unpaired) electrons. The van der Waals surface area contributed by atoms with E-state index < -0.39 is 5.97 Å². The molecule has 0 fully saturated rings. The van der Waals surface area contributed by atoms with Crippen LogP contribution in [0.5, 0.6) is 11.5 Å². The van der Waals surface area contributed by atoms with Crippen LogP contribution in [0.4, 0.5) is 0 Å². The molecule has 0 spiro atoms. The Balaban J connectivity index is 2.04. The summed E-state index contributed by atoms with van der Waals surface area (Å²) in [6.45, 7) is 4.23. The summed E-state index contributed by atoms with van der Waals surface area (Å²) in [5.74, 6) is -0.158. The summed E-state index contributed by atoms with van der Waals surface area (Å²) in [4.78, 5) is 35.6. The van der Waals surface area contributed by atoms with Crippen molar-refractivity contribution >= 4 is 17.7 Å². The number of nitrogens with one attached hydrogen (secondary N) is 1. The minimum atomic E-state index is -0.506. The summed E-state index contributed by atoms with van der Waals surface area (Å²) in [5, 5.41) is 2.80. The molecule has 2 aromatic carbocycles. The van der Waals surface area contributed by atoms with E-state index in [1.54, 1.807) is 36.4 Å². The molecule has 2 aromatic rings. The van der Waals surface area contributed by atoms with E-state index in [9.17, 15) is 14.4 Å². The first kappa shape index (κ1) is 21.2. The molecule has 0 heterocycles. The molecule has 0 aromatic heterocycles. The van der Waals surface area contributed by atoms with E-state index in [2.05, 4.69) is 5.32 Å². The second kappa shape index (κ2) is 10.9. The van der Waals surface area contributed by atoms with Crippen LogP contribution in [0.2, 0.25) is 0 Å². The summed E-state index contributed by atoms with van der Waals surface area (Å²) < 4.78 is 10.9. The van der Waals surface area contributed by atoms with Gasteiger partial charge in [0.1, 0.15) is 0 Å². The van der Waals surface area contributed by atoms with Crippen LogP contribution < -0.4 is 14.8 Å². The van der Waals surface area contributed by atoms with Crippen molar-refractivity contribution in [3.05, 3.63) is 59.7 Å². The smallest absolute Gasteiger partial charge is 0.308 e. The second-order valence-electron chi connectivity index (χ2n) is 6.25. The Bertz CT molecular complexity index is 817. The average molecular weight is 383 g/mol. The molecular weight excluding hydrogens is 358 g/mol. The van der Waals surface area contributed by atoms with Gasteiger partial charge in [-0.1, -0.05) is 37.3 Å². The maximum atomic E-state index is 12.6. The Morgan fingerprint density at radius 2 is 1.71 bits per heavy atom. The van der Waals surface area contributed by atoms with Gasteiger partial charge in [-0.3, -0.25) is 14.4 Å². The molecule has 6 nitrogen and oxygen atoms in total. The van der Waals surface area contributed by atoms with Crippen LogP contribution in [0, 0.1) is 0 Å². The van der Waals surface area contributed by atoms with Gasteiger partial charge >= 0.3 is 5.97 Å². The highest BCUT2D eigenvalue weighted by atomic mass is 16.6. The van der Waals surface area contributed by atoms with Gasteiger partial charge in [0.05, 0.1) is 6.61 Å². The molecule has 2 rings (SSSR count). The maximum absolute atomic E-state index is 12.6. The number of hydrogen-bond donors (Lipinski definition) is 1. The second-order valence-corrected chi connectivity index (χ2v) is 6.25. The van der Waals surface area contributed by atoms with E-state index in [0.717, 1.165) is 6.42 Å². The zero-order valence-electron chi connectivity index (χ0n) is 16.2. The van der Waals surface area contributed by atoms with Crippen LogP contribution in [0.1, 0.15) is 49.0 Å². The van der Waals surface area contributed by atoms with Crippen molar-refractivity contribution < 1.29 is 23.9 Å². The molecule has 1 N–H and O–H groups in total. The van der Waals surface area contributed by atoms with Gasteiger partial charge in [0.15, 0.2) is 17.3 Å². The first-order valence-corrected chi connectivity index (χ1v) is 9.33. The molecule has 0 aliphatic rings. The number of benzene rings is 2. The largest absolute Gasteiger partial charge is 0.490 e. The normalized spacial score (nSPS) is 10.2. The summed E-state index contributed by atoms with van der Waals surface area (Å²) in [6, 6.07) is 13.6. The van der Waals surface area contributed by atoms with Gasteiger partial charge in [-0.15, -0.1) is 0 Å².